The molecule has 1 aliphatic heterocycles. The molecular weight excluding hydrogens is 226 g/mol. The first kappa shape index (κ1) is 11.7. The van der Waals surface area contributed by atoms with E-state index >= 15 is 0 Å². The highest BCUT2D eigenvalue weighted by atomic mass is 15.3. The third kappa shape index (κ3) is 2.27. The molecule has 18 heavy (non-hydrogen) atoms. The summed E-state index contributed by atoms with van der Waals surface area (Å²) >= 11 is 0. The van der Waals surface area contributed by atoms with Gasteiger partial charge in [-0.05, 0) is 25.2 Å². The maximum Gasteiger partial charge on any atom is 0.145 e. The van der Waals surface area contributed by atoms with Gasteiger partial charge < -0.3 is 10.3 Å². The van der Waals surface area contributed by atoms with E-state index in [1.807, 2.05) is 6.07 Å². The second kappa shape index (κ2) is 4.72. The Morgan fingerprint density at radius 2 is 2.22 bits per heavy atom. The molecule has 1 aromatic rings. The van der Waals surface area contributed by atoms with Gasteiger partial charge in [0.15, 0.2) is 0 Å². The Hall–Kier alpha value is -1.36. The zero-order valence-electron chi connectivity index (χ0n) is 10.9. The summed E-state index contributed by atoms with van der Waals surface area (Å²) in [4.78, 5) is 11.5. The molecule has 1 saturated heterocycles. The summed E-state index contributed by atoms with van der Waals surface area (Å²) in [6.07, 6.45) is 4.94. The normalized spacial score (nSPS) is 23.4. The largest absolute Gasteiger partial charge is 0.356 e. The summed E-state index contributed by atoms with van der Waals surface area (Å²) in [5, 5.41) is 0. The first-order valence-corrected chi connectivity index (χ1v) is 6.90. The Morgan fingerprint density at radius 1 is 1.39 bits per heavy atom. The monoisotopic (exact) mass is 247 g/mol. The quantitative estimate of drug-likeness (QED) is 0.628. The van der Waals surface area contributed by atoms with Gasteiger partial charge >= 0.3 is 0 Å². The molecule has 5 heteroatoms. The predicted molar refractivity (Wildman–Crippen MR) is 72.4 cm³/mol. The van der Waals surface area contributed by atoms with Gasteiger partial charge in [0.2, 0.25) is 0 Å². The highest BCUT2D eigenvalue weighted by Crippen LogP contribution is 2.39. The second-order valence-electron chi connectivity index (χ2n) is 5.40. The average molecular weight is 247 g/mol. The molecule has 1 aromatic heterocycles. The van der Waals surface area contributed by atoms with Crippen LogP contribution in [-0.2, 0) is 0 Å². The fourth-order valence-corrected chi connectivity index (χ4v) is 2.59. The van der Waals surface area contributed by atoms with Crippen molar-refractivity contribution in [2.24, 2.45) is 11.8 Å². The van der Waals surface area contributed by atoms with Crippen LogP contribution in [0.25, 0.3) is 0 Å². The van der Waals surface area contributed by atoms with E-state index in [1.54, 1.807) is 0 Å². The highest BCUT2D eigenvalue weighted by Gasteiger charge is 2.29. The number of nitrogens with zero attached hydrogens (tertiary/aromatic N) is 3. The lowest BCUT2D eigenvalue weighted by molar-refractivity contribution is 0.568. The Labute approximate surface area is 108 Å². The SMILES string of the molecule is CCC1CCN(c2cc(NN)nc(C3CC3)n2)C1. The van der Waals surface area contributed by atoms with E-state index in [0.29, 0.717) is 5.92 Å². The summed E-state index contributed by atoms with van der Waals surface area (Å²) < 4.78 is 0. The molecule has 0 spiro atoms. The van der Waals surface area contributed by atoms with Gasteiger partial charge in [-0.25, -0.2) is 15.8 Å². The second-order valence-corrected chi connectivity index (χ2v) is 5.40. The third-order valence-electron chi connectivity index (χ3n) is 4.01. The van der Waals surface area contributed by atoms with Gasteiger partial charge in [0.05, 0.1) is 0 Å². The molecule has 0 radical (unpaired) electrons. The van der Waals surface area contributed by atoms with Crippen LogP contribution in [0, 0.1) is 5.92 Å². The van der Waals surface area contributed by atoms with E-state index in [4.69, 9.17) is 10.8 Å². The molecule has 0 aromatic carbocycles. The van der Waals surface area contributed by atoms with E-state index in [0.717, 1.165) is 36.5 Å². The summed E-state index contributed by atoms with van der Waals surface area (Å²) in [7, 11) is 0. The van der Waals surface area contributed by atoms with Crippen LogP contribution in [0.3, 0.4) is 0 Å². The van der Waals surface area contributed by atoms with Crippen LogP contribution in [-0.4, -0.2) is 23.1 Å². The molecule has 0 amide bonds. The molecular formula is C13H21N5. The van der Waals surface area contributed by atoms with Crippen molar-refractivity contribution >= 4 is 11.6 Å². The molecule has 5 nitrogen and oxygen atoms in total. The first-order valence-electron chi connectivity index (χ1n) is 6.90. The number of anilines is 2. The molecule has 1 saturated carbocycles. The van der Waals surface area contributed by atoms with Crippen molar-refractivity contribution in [1.82, 2.24) is 9.97 Å². The van der Waals surface area contributed by atoms with E-state index in [1.165, 1.54) is 25.7 Å². The van der Waals surface area contributed by atoms with Crippen LogP contribution in [0.2, 0.25) is 0 Å². The minimum atomic E-state index is 0.557. The average Bonchev–Trinajstić information content (AvgIpc) is 3.16. The number of hydrazine groups is 1. The van der Waals surface area contributed by atoms with E-state index in [-0.39, 0.29) is 0 Å². The topological polar surface area (TPSA) is 67.1 Å². The minimum Gasteiger partial charge on any atom is -0.356 e. The molecule has 2 aliphatic rings. The summed E-state index contributed by atoms with van der Waals surface area (Å²) in [6.45, 7) is 4.47. The van der Waals surface area contributed by atoms with Crippen molar-refractivity contribution < 1.29 is 0 Å². The van der Waals surface area contributed by atoms with Gasteiger partial charge in [-0.3, -0.25) is 0 Å². The number of nitrogens with one attached hydrogen (secondary N) is 1. The number of nitrogens with two attached hydrogens (primary N) is 1. The van der Waals surface area contributed by atoms with Crippen LogP contribution < -0.4 is 16.2 Å². The maximum atomic E-state index is 5.50. The summed E-state index contributed by atoms with van der Waals surface area (Å²) in [5.41, 5.74) is 2.66. The molecule has 3 N–H and O–H groups in total. The maximum absolute atomic E-state index is 5.50. The molecule has 3 rings (SSSR count). The Morgan fingerprint density at radius 3 is 2.83 bits per heavy atom. The Balaban J connectivity index is 1.84. The molecule has 98 valence electrons. The fourth-order valence-electron chi connectivity index (χ4n) is 2.59. The van der Waals surface area contributed by atoms with Gasteiger partial charge in [-0.1, -0.05) is 13.3 Å². The number of nitrogen functional groups attached to an aromatic ring is 1. The first-order chi connectivity index (χ1) is 8.80. The van der Waals surface area contributed by atoms with Crippen LogP contribution in [0.4, 0.5) is 11.6 Å². The molecule has 1 atom stereocenters. The van der Waals surface area contributed by atoms with E-state index in [2.05, 4.69) is 22.2 Å². The summed E-state index contributed by atoms with van der Waals surface area (Å²) in [5.74, 6) is 9.60. The van der Waals surface area contributed by atoms with Gasteiger partial charge in [-0.2, -0.15) is 0 Å². The minimum absolute atomic E-state index is 0.557. The highest BCUT2D eigenvalue weighted by molar-refractivity contribution is 5.50. The lowest BCUT2D eigenvalue weighted by Gasteiger charge is -2.18. The summed E-state index contributed by atoms with van der Waals surface area (Å²) in [6, 6.07) is 1.96. The fraction of sp³-hybridized carbons (Fsp3) is 0.692. The smallest absolute Gasteiger partial charge is 0.145 e. The van der Waals surface area contributed by atoms with Crippen LogP contribution >= 0.6 is 0 Å². The van der Waals surface area contributed by atoms with Crippen LogP contribution in [0.15, 0.2) is 6.07 Å². The van der Waals surface area contributed by atoms with Gasteiger partial charge in [0, 0.05) is 25.1 Å². The zero-order chi connectivity index (χ0) is 12.5. The number of hydrogen-bond acceptors (Lipinski definition) is 5. The van der Waals surface area contributed by atoms with Gasteiger partial charge in [-0.15, -0.1) is 0 Å². The molecule has 0 bridgehead atoms. The van der Waals surface area contributed by atoms with Crippen molar-refractivity contribution in [3.63, 3.8) is 0 Å². The van der Waals surface area contributed by atoms with Gasteiger partial charge in [0.1, 0.15) is 17.5 Å². The predicted octanol–water partition coefficient (Wildman–Crippen LogP) is 1.88. The van der Waals surface area contributed by atoms with Crippen molar-refractivity contribution in [1.29, 1.82) is 0 Å². The van der Waals surface area contributed by atoms with E-state index < -0.39 is 0 Å². The third-order valence-corrected chi connectivity index (χ3v) is 4.01. The molecule has 2 fully saturated rings. The Bertz CT molecular complexity index is 429. The molecule has 2 heterocycles. The number of hydrogen-bond donors (Lipinski definition) is 2. The van der Waals surface area contributed by atoms with Crippen molar-refractivity contribution in [3.8, 4) is 0 Å². The lowest BCUT2D eigenvalue weighted by Crippen LogP contribution is -2.22. The van der Waals surface area contributed by atoms with Crippen molar-refractivity contribution in [2.45, 2.75) is 38.5 Å². The lowest BCUT2D eigenvalue weighted by atomic mass is 10.1. The van der Waals surface area contributed by atoms with Crippen LogP contribution in [0.5, 0.6) is 0 Å². The molecule has 1 unspecified atom stereocenters. The van der Waals surface area contributed by atoms with Crippen molar-refractivity contribution in [3.05, 3.63) is 11.9 Å². The standard InChI is InChI=1S/C13H21N5/c1-2-9-5-6-18(8-9)12-7-11(17-14)15-13(16-12)10-3-4-10/h7,9-10H,2-6,8,14H2,1H3,(H,15,16,17). The molecule has 1 aliphatic carbocycles. The zero-order valence-corrected chi connectivity index (χ0v) is 10.9. The van der Waals surface area contributed by atoms with Gasteiger partial charge in [0.25, 0.3) is 0 Å². The number of rotatable bonds is 4. The van der Waals surface area contributed by atoms with E-state index in [9.17, 15) is 0 Å². The van der Waals surface area contributed by atoms with Crippen molar-refractivity contribution in [2.75, 3.05) is 23.4 Å². The Kier molecular flexibility index (Phi) is 3.07. The van der Waals surface area contributed by atoms with Crippen LogP contribution in [0.1, 0.15) is 44.3 Å². The number of aromatic nitrogens is 2.